The zero-order valence-electron chi connectivity index (χ0n) is 12.2. The average Bonchev–Trinajstić information content (AvgIpc) is 2.49. The molecular weight excluding hydrogens is 355 g/mol. The van der Waals surface area contributed by atoms with Crippen LogP contribution < -0.4 is 0 Å². The highest BCUT2D eigenvalue weighted by molar-refractivity contribution is 14.1. The van der Waals surface area contributed by atoms with Crippen molar-refractivity contribution in [1.29, 1.82) is 0 Å². The molecule has 0 N–H and O–H groups in total. The molecule has 2 aromatic carbocycles. The molecule has 0 aromatic heterocycles. The Morgan fingerprint density at radius 1 is 0.850 bits per heavy atom. The van der Waals surface area contributed by atoms with Crippen molar-refractivity contribution in [2.24, 2.45) is 0 Å². The Balaban J connectivity index is 2.02. The highest BCUT2D eigenvalue weighted by Crippen LogP contribution is 2.26. The third-order valence-electron chi connectivity index (χ3n) is 3.68. The van der Waals surface area contributed by atoms with E-state index in [2.05, 4.69) is 78.0 Å². The van der Waals surface area contributed by atoms with Crippen LogP contribution >= 0.6 is 22.6 Å². The molecule has 0 radical (unpaired) electrons. The molecule has 0 saturated heterocycles. The summed E-state index contributed by atoms with van der Waals surface area (Å²) >= 11 is 2.44. The summed E-state index contributed by atoms with van der Waals surface area (Å²) in [4.78, 5) is 0. The van der Waals surface area contributed by atoms with Crippen LogP contribution in [-0.4, -0.2) is 0 Å². The topological polar surface area (TPSA) is 0 Å². The van der Waals surface area contributed by atoms with Crippen molar-refractivity contribution in [2.45, 2.75) is 45.4 Å². The van der Waals surface area contributed by atoms with Crippen molar-refractivity contribution in [3.05, 3.63) is 57.7 Å². The van der Waals surface area contributed by atoms with E-state index in [4.69, 9.17) is 0 Å². The van der Waals surface area contributed by atoms with Crippen molar-refractivity contribution in [3.63, 3.8) is 0 Å². The van der Waals surface area contributed by atoms with Gasteiger partial charge in [0.2, 0.25) is 0 Å². The Hall–Kier alpha value is -0.830. The molecule has 2 rings (SSSR count). The van der Waals surface area contributed by atoms with Crippen LogP contribution in [-0.2, 0) is 6.42 Å². The van der Waals surface area contributed by atoms with Crippen LogP contribution in [0.5, 0.6) is 0 Å². The number of hydrogen-bond donors (Lipinski definition) is 0. The number of benzene rings is 2. The van der Waals surface area contributed by atoms with Gasteiger partial charge in [0.05, 0.1) is 0 Å². The number of hydrogen-bond acceptors (Lipinski definition) is 0. The maximum atomic E-state index is 2.44. The molecule has 0 amide bonds. The molecule has 20 heavy (non-hydrogen) atoms. The van der Waals surface area contributed by atoms with Gasteiger partial charge in [-0.1, -0.05) is 75.1 Å². The van der Waals surface area contributed by atoms with Crippen LogP contribution in [0.15, 0.2) is 48.5 Å². The third-order valence-corrected chi connectivity index (χ3v) is 4.63. The summed E-state index contributed by atoms with van der Waals surface area (Å²) in [7, 11) is 0. The lowest BCUT2D eigenvalue weighted by molar-refractivity contribution is 0.632. The van der Waals surface area contributed by atoms with E-state index >= 15 is 0 Å². The molecule has 0 aliphatic rings. The van der Waals surface area contributed by atoms with E-state index in [1.54, 1.807) is 0 Å². The minimum Gasteiger partial charge on any atom is -0.0654 e. The van der Waals surface area contributed by atoms with Gasteiger partial charge in [-0.25, -0.2) is 0 Å². The second-order valence-electron chi connectivity index (χ2n) is 5.34. The van der Waals surface area contributed by atoms with Crippen molar-refractivity contribution in [1.82, 2.24) is 0 Å². The van der Waals surface area contributed by atoms with Crippen molar-refractivity contribution < 1.29 is 0 Å². The van der Waals surface area contributed by atoms with Crippen LogP contribution in [0.4, 0.5) is 0 Å². The quantitative estimate of drug-likeness (QED) is 0.383. The zero-order valence-corrected chi connectivity index (χ0v) is 14.4. The van der Waals surface area contributed by atoms with Gasteiger partial charge in [-0.3, -0.25) is 0 Å². The van der Waals surface area contributed by atoms with E-state index in [1.807, 2.05) is 0 Å². The molecule has 0 spiro atoms. The fourth-order valence-corrected chi connectivity index (χ4v) is 3.15. The van der Waals surface area contributed by atoms with Gasteiger partial charge in [-0.2, -0.15) is 0 Å². The first kappa shape index (κ1) is 15.6. The van der Waals surface area contributed by atoms with Crippen LogP contribution in [0.2, 0.25) is 0 Å². The predicted octanol–water partition coefficient (Wildman–Crippen LogP) is 6.47. The van der Waals surface area contributed by atoms with E-state index in [0.717, 1.165) is 0 Å². The van der Waals surface area contributed by atoms with Gasteiger partial charge in [0.25, 0.3) is 0 Å². The monoisotopic (exact) mass is 378 g/mol. The number of aryl methyl sites for hydroxylation is 1. The second kappa shape index (κ2) is 8.46. The molecule has 0 aliphatic carbocycles. The van der Waals surface area contributed by atoms with Crippen LogP contribution in [0.25, 0.3) is 11.1 Å². The van der Waals surface area contributed by atoms with Crippen LogP contribution in [0.3, 0.4) is 0 Å². The molecular formula is C19H23I. The maximum Gasteiger partial charge on any atom is 0.0208 e. The molecule has 2 aromatic rings. The Labute approximate surface area is 136 Å². The second-order valence-corrected chi connectivity index (χ2v) is 6.51. The molecule has 0 nitrogen and oxygen atoms in total. The molecule has 0 bridgehead atoms. The van der Waals surface area contributed by atoms with Gasteiger partial charge in [-0.15, -0.1) is 0 Å². The van der Waals surface area contributed by atoms with E-state index in [1.165, 1.54) is 58.8 Å². The van der Waals surface area contributed by atoms with Crippen molar-refractivity contribution in [3.8, 4) is 11.1 Å². The molecule has 0 aliphatic heterocycles. The molecule has 0 fully saturated rings. The Morgan fingerprint density at radius 2 is 1.60 bits per heavy atom. The number of unbranched alkanes of at least 4 members (excludes halogenated alkanes) is 4. The molecule has 0 unspecified atom stereocenters. The minimum atomic E-state index is 1.21. The first-order chi connectivity index (χ1) is 9.81. The lowest BCUT2D eigenvalue weighted by Gasteiger charge is -2.08. The Kier molecular flexibility index (Phi) is 6.58. The smallest absolute Gasteiger partial charge is 0.0208 e. The molecule has 106 valence electrons. The predicted molar refractivity (Wildman–Crippen MR) is 97.1 cm³/mol. The summed E-state index contributed by atoms with van der Waals surface area (Å²) in [6.45, 7) is 2.27. The van der Waals surface area contributed by atoms with E-state index < -0.39 is 0 Å². The molecule has 1 heteroatoms. The molecule has 0 saturated carbocycles. The van der Waals surface area contributed by atoms with Crippen molar-refractivity contribution >= 4 is 22.6 Å². The first-order valence-electron chi connectivity index (χ1n) is 7.65. The SMILES string of the molecule is CCCCCCCc1ccc(I)c(-c2ccccc2)c1. The Bertz CT molecular complexity index is 517. The maximum absolute atomic E-state index is 2.44. The van der Waals surface area contributed by atoms with Gasteiger partial charge in [-0.05, 0) is 58.2 Å². The number of rotatable bonds is 7. The average molecular weight is 378 g/mol. The lowest BCUT2D eigenvalue weighted by Crippen LogP contribution is -1.90. The normalized spacial score (nSPS) is 10.7. The summed E-state index contributed by atoms with van der Waals surface area (Å²) < 4.78 is 1.34. The fourth-order valence-electron chi connectivity index (χ4n) is 2.50. The highest BCUT2D eigenvalue weighted by Gasteiger charge is 2.04. The summed E-state index contributed by atoms with van der Waals surface area (Å²) in [5, 5.41) is 0. The molecule has 0 heterocycles. The third kappa shape index (κ3) is 4.62. The standard InChI is InChI=1S/C19H23I/c1-2-3-4-5-7-10-16-13-14-19(20)18(15-16)17-11-8-6-9-12-17/h6,8-9,11-15H,2-5,7,10H2,1H3. The summed E-state index contributed by atoms with van der Waals surface area (Å²) in [5.41, 5.74) is 4.17. The van der Waals surface area contributed by atoms with Crippen molar-refractivity contribution in [2.75, 3.05) is 0 Å². The highest BCUT2D eigenvalue weighted by atomic mass is 127. The molecule has 0 atom stereocenters. The summed E-state index contributed by atoms with van der Waals surface area (Å²) in [5.74, 6) is 0. The van der Waals surface area contributed by atoms with Gasteiger partial charge >= 0.3 is 0 Å². The van der Waals surface area contributed by atoms with E-state index in [-0.39, 0.29) is 0 Å². The Morgan fingerprint density at radius 3 is 2.35 bits per heavy atom. The first-order valence-corrected chi connectivity index (χ1v) is 8.73. The largest absolute Gasteiger partial charge is 0.0654 e. The van der Waals surface area contributed by atoms with Gasteiger partial charge < -0.3 is 0 Å². The van der Waals surface area contributed by atoms with Gasteiger partial charge in [0.1, 0.15) is 0 Å². The number of halogens is 1. The van der Waals surface area contributed by atoms with Gasteiger partial charge in [0.15, 0.2) is 0 Å². The van der Waals surface area contributed by atoms with E-state index in [0.29, 0.717) is 0 Å². The minimum absolute atomic E-state index is 1.21. The van der Waals surface area contributed by atoms with Gasteiger partial charge in [0, 0.05) is 3.57 Å². The van der Waals surface area contributed by atoms with E-state index in [9.17, 15) is 0 Å². The fraction of sp³-hybridized carbons (Fsp3) is 0.368. The zero-order chi connectivity index (χ0) is 14.2. The lowest BCUT2D eigenvalue weighted by atomic mass is 10.00. The van der Waals surface area contributed by atoms with Crippen LogP contribution in [0, 0.1) is 3.57 Å². The summed E-state index contributed by atoms with van der Waals surface area (Å²) in [6, 6.07) is 17.6. The summed E-state index contributed by atoms with van der Waals surface area (Å²) in [6.07, 6.45) is 7.96. The van der Waals surface area contributed by atoms with Crippen LogP contribution in [0.1, 0.15) is 44.6 Å².